The molecule has 0 bridgehead atoms. The smallest absolute Gasteiger partial charge is 0.230 e. The Labute approximate surface area is 108 Å². The predicted octanol–water partition coefficient (Wildman–Crippen LogP) is 2.91. The van der Waals surface area contributed by atoms with Crippen LogP contribution in [0.3, 0.4) is 0 Å². The molecule has 0 aliphatic carbocycles. The van der Waals surface area contributed by atoms with Gasteiger partial charge < -0.3 is 15.0 Å². The lowest BCUT2D eigenvalue weighted by atomic mass is 10.0. The Balaban J connectivity index is 2.45. The van der Waals surface area contributed by atoms with Crippen LogP contribution in [-0.4, -0.2) is 18.9 Å². The SMILES string of the molecule is COCCc1noc(N)c1-c1ccc(F)cc1Cl. The van der Waals surface area contributed by atoms with Crippen LogP contribution >= 0.6 is 11.6 Å². The number of hydrogen-bond acceptors (Lipinski definition) is 4. The summed E-state index contributed by atoms with van der Waals surface area (Å²) in [7, 11) is 1.59. The summed E-state index contributed by atoms with van der Waals surface area (Å²) >= 11 is 6.00. The highest BCUT2D eigenvalue weighted by molar-refractivity contribution is 6.33. The minimum absolute atomic E-state index is 0.162. The van der Waals surface area contributed by atoms with Crippen molar-refractivity contribution in [1.82, 2.24) is 5.16 Å². The fraction of sp³-hybridized carbons (Fsp3) is 0.250. The summed E-state index contributed by atoms with van der Waals surface area (Å²) in [6, 6.07) is 4.09. The van der Waals surface area contributed by atoms with Gasteiger partial charge in [-0.05, 0) is 18.2 Å². The van der Waals surface area contributed by atoms with Crippen molar-refractivity contribution in [3.63, 3.8) is 0 Å². The Morgan fingerprint density at radius 3 is 2.94 bits per heavy atom. The number of benzene rings is 1. The maximum Gasteiger partial charge on any atom is 0.230 e. The Morgan fingerprint density at radius 1 is 1.50 bits per heavy atom. The van der Waals surface area contributed by atoms with Crippen LogP contribution in [0.2, 0.25) is 5.02 Å². The molecule has 0 fully saturated rings. The van der Waals surface area contributed by atoms with Gasteiger partial charge in [0.2, 0.25) is 5.88 Å². The average molecular weight is 271 g/mol. The molecular formula is C12H12ClFN2O2. The molecule has 2 rings (SSSR count). The van der Waals surface area contributed by atoms with Gasteiger partial charge in [-0.25, -0.2) is 4.39 Å². The number of halogens is 2. The molecule has 1 heterocycles. The number of ether oxygens (including phenoxy) is 1. The highest BCUT2D eigenvalue weighted by atomic mass is 35.5. The lowest BCUT2D eigenvalue weighted by Gasteiger charge is -2.05. The minimum atomic E-state index is -0.405. The van der Waals surface area contributed by atoms with Crippen molar-refractivity contribution < 1.29 is 13.7 Å². The summed E-state index contributed by atoms with van der Waals surface area (Å²) in [5.74, 6) is -0.244. The van der Waals surface area contributed by atoms with Gasteiger partial charge in [0.05, 0.1) is 22.9 Å². The van der Waals surface area contributed by atoms with Crippen molar-refractivity contribution in [3.05, 3.63) is 34.7 Å². The molecule has 1 aromatic heterocycles. The van der Waals surface area contributed by atoms with E-state index >= 15 is 0 Å². The Morgan fingerprint density at radius 2 is 2.28 bits per heavy atom. The fourth-order valence-corrected chi connectivity index (χ4v) is 1.95. The molecule has 0 radical (unpaired) electrons. The lowest BCUT2D eigenvalue weighted by Crippen LogP contribution is -1.97. The van der Waals surface area contributed by atoms with E-state index in [4.69, 9.17) is 26.6 Å². The zero-order chi connectivity index (χ0) is 13.1. The number of nitrogens with two attached hydrogens (primary N) is 1. The number of aromatic nitrogens is 1. The second-order valence-electron chi connectivity index (χ2n) is 3.74. The predicted molar refractivity (Wildman–Crippen MR) is 66.9 cm³/mol. The quantitative estimate of drug-likeness (QED) is 0.928. The molecule has 2 N–H and O–H groups in total. The maximum absolute atomic E-state index is 13.0. The molecule has 0 saturated heterocycles. The number of nitrogens with zero attached hydrogens (tertiary/aromatic N) is 1. The topological polar surface area (TPSA) is 61.3 Å². The molecule has 0 spiro atoms. The number of anilines is 1. The van der Waals surface area contributed by atoms with Gasteiger partial charge in [-0.2, -0.15) is 0 Å². The molecule has 4 nitrogen and oxygen atoms in total. The van der Waals surface area contributed by atoms with Crippen LogP contribution in [0.4, 0.5) is 10.3 Å². The third-order valence-electron chi connectivity index (χ3n) is 2.53. The van der Waals surface area contributed by atoms with E-state index in [1.54, 1.807) is 13.2 Å². The van der Waals surface area contributed by atoms with Gasteiger partial charge in [0.25, 0.3) is 0 Å². The Bertz CT molecular complexity index is 557. The molecule has 0 aliphatic rings. The monoisotopic (exact) mass is 270 g/mol. The van der Waals surface area contributed by atoms with Gasteiger partial charge in [-0.15, -0.1) is 0 Å². The first kappa shape index (κ1) is 12.9. The van der Waals surface area contributed by atoms with Gasteiger partial charge >= 0.3 is 0 Å². The van der Waals surface area contributed by atoms with Crippen LogP contribution < -0.4 is 5.73 Å². The molecule has 18 heavy (non-hydrogen) atoms. The summed E-state index contributed by atoms with van der Waals surface area (Å²) in [6.07, 6.45) is 0.542. The second kappa shape index (κ2) is 5.37. The zero-order valence-corrected chi connectivity index (χ0v) is 10.5. The van der Waals surface area contributed by atoms with E-state index in [-0.39, 0.29) is 10.9 Å². The largest absolute Gasteiger partial charge is 0.384 e. The summed E-state index contributed by atoms with van der Waals surface area (Å²) in [5, 5.41) is 4.13. The van der Waals surface area contributed by atoms with E-state index in [2.05, 4.69) is 5.16 Å². The summed E-state index contributed by atoms with van der Waals surface area (Å²) < 4.78 is 23.0. The van der Waals surface area contributed by atoms with Gasteiger partial charge in [0, 0.05) is 19.1 Å². The van der Waals surface area contributed by atoms with Crippen LogP contribution in [0.5, 0.6) is 0 Å². The molecule has 1 aromatic carbocycles. The minimum Gasteiger partial charge on any atom is -0.384 e. The van der Waals surface area contributed by atoms with Gasteiger partial charge in [-0.1, -0.05) is 16.8 Å². The van der Waals surface area contributed by atoms with Gasteiger partial charge in [0.15, 0.2) is 0 Å². The summed E-state index contributed by atoms with van der Waals surface area (Å²) in [5.41, 5.74) is 7.57. The lowest BCUT2D eigenvalue weighted by molar-refractivity contribution is 0.200. The van der Waals surface area contributed by atoms with E-state index in [0.717, 1.165) is 0 Å². The van der Waals surface area contributed by atoms with Crippen molar-refractivity contribution in [2.75, 3.05) is 19.5 Å². The van der Waals surface area contributed by atoms with Gasteiger partial charge in [0.1, 0.15) is 5.82 Å². The molecule has 0 unspecified atom stereocenters. The molecule has 0 amide bonds. The molecule has 6 heteroatoms. The molecule has 0 saturated carbocycles. The van der Waals surface area contributed by atoms with Crippen LogP contribution in [-0.2, 0) is 11.2 Å². The molecule has 2 aromatic rings. The molecule has 0 atom stereocenters. The van der Waals surface area contributed by atoms with E-state index in [9.17, 15) is 4.39 Å². The highest BCUT2D eigenvalue weighted by Gasteiger charge is 2.18. The third-order valence-corrected chi connectivity index (χ3v) is 2.85. The molecule has 0 aliphatic heterocycles. The first-order valence-electron chi connectivity index (χ1n) is 5.32. The van der Waals surface area contributed by atoms with Crippen LogP contribution in [0, 0.1) is 5.82 Å². The standard InChI is InChI=1S/C12H12ClFN2O2/c1-17-5-4-10-11(12(15)18-16-10)8-3-2-7(14)6-9(8)13/h2-3,6H,4-5,15H2,1H3. The Hall–Kier alpha value is -1.59. The number of nitrogen functional groups attached to an aromatic ring is 1. The maximum atomic E-state index is 13.0. The zero-order valence-electron chi connectivity index (χ0n) is 9.74. The second-order valence-corrected chi connectivity index (χ2v) is 4.14. The average Bonchev–Trinajstić information content (AvgIpc) is 2.68. The van der Waals surface area contributed by atoms with Crippen molar-refractivity contribution in [1.29, 1.82) is 0 Å². The van der Waals surface area contributed by atoms with Crippen LogP contribution in [0.15, 0.2) is 22.7 Å². The van der Waals surface area contributed by atoms with E-state index in [1.807, 2.05) is 0 Å². The summed E-state index contributed by atoms with van der Waals surface area (Å²) in [4.78, 5) is 0. The number of rotatable bonds is 4. The van der Waals surface area contributed by atoms with Crippen molar-refractivity contribution in [2.45, 2.75) is 6.42 Å². The highest BCUT2D eigenvalue weighted by Crippen LogP contribution is 2.35. The van der Waals surface area contributed by atoms with Crippen LogP contribution in [0.25, 0.3) is 11.1 Å². The van der Waals surface area contributed by atoms with E-state index < -0.39 is 5.82 Å². The van der Waals surface area contributed by atoms with E-state index in [0.29, 0.717) is 29.8 Å². The van der Waals surface area contributed by atoms with Crippen molar-refractivity contribution in [2.24, 2.45) is 0 Å². The molecular weight excluding hydrogens is 259 g/mol. The number of hydrogen-bond donors (Lipinski definition) is 1. The third kappa shape index (κ3) is 2.47. The normalized spacial score (nSPS) is 10.8. The molecule has 96 valence electrons. The van der Waals surface area contributed by atoms with Crippen LogP contribution in [0.1, 0.15) is 5.69 Å². The fourth-order valence-electron chi connectivity index (χ4n) is 1.69. The van der Waals surface area contributed by atoms with Crippen molar-refractivity contribution in [3.8, 4) is 11.1 Å². The van der Waals surface area contributed by atoms with Crippen molar-refractivity contribution >= 4 is 17.5 Å². The van der Waals surface area contributed by atoms with Gasteiger partial charge in [-0.3, -0.25) is 0 Å². The first-order valence-corrected chi connectivity index (χ1v) is 5.69. The summed E-state index contributed by atoms with van der Waals surface area (Å²) in [6.45, 7) is 0.484. The number of methoxy groups -OCH3 is 1. The van der Waals surface area contributed by atoms with E-state index in [1.165, 1.54) is 12.1 Å². The Kier molecular flexibility index (Phi) is 3.84. The first-order chi connectivity index (χ1) is 8.63.